The van der Waals surface area contributed by atoms with Crippen molar-refractivity contribution in [3.8, 4) is 0 Å². The maximum atomic E-state index is 6.16. The van der Waals surface area contributed by atoms with E-state index in [0.717, 1.165) is 38.6 Å². The molecule has 1 saturated heterocycles. The molecule has 0 radical (unpaired) electrons. The quantitative estimate of drug-likeness (QED) is 0.770. The van der Waals surface area contributed by atoms with Crippen LogP contribution in [0, 0.1) is 5.92 Å². The molecular formula is C20H38N2O2. The molecule has 3 aliphatic rings. The van der Waals surface area contributed by atoms with E-state index in [1.165, 1.54) is 64.2 Å². The van der Waals surface area contributed by atoms with E-state index in [1.54, 1.807) is 0 Å². The van der Waals surface area contributed by atoms with Gasteiger partial charge in [-0.1, -0.05) is 12.8 Å². The van der Waals surface area contributed by atoms with Crippen LogP contribution in [0.2, 0.25) is 0 Å². The molecule has 4 bridgehead atoms. The van der Waals surface area contributed by atoms with Crippen LogP contribution in [0.25, 0.3) is 0 Å². The van der Waals surface area contributed by atoms with E-state index >= 15 is 0 Å². The summed E-state index contributed by atoms with van der Waals surface area (Å²) in [6, 6.07) is 0.619. The topological polar surface area (TPSA) is 42.5 Å². The molecule has 2 aliphatic carbocycles. The monoisotopic (exact) mass is 338 g/mol. The SMILES string of the molecule is COC12CCCC(C1)NCCCCOC1CCCC(CCNC2)C1. The lowest BCUT2D eigenvalue weighted by Crippen LogP contribution is -2.51. The van der Waals surface area contributed by atoms with Crippen molar-refractivity contribution in [3.05, 3.63) is 0 Å². The number of methoxy groups -OCH3 is 1. The Hall–Kier alpha value is -0.160. The van der Waals surface area contributed by atoms with Crippen molar-refractivity contribution >= 4 is 0 Å². The minimum Gasteiger partial charge on any atom is -0.378 e. The molecule has 4 atom stereocenters. The van der Waals surface area contributed by atoms with Crippen LogP contribution >= 0.6 is 0 Å². The zero-order chi connectivity index (χ0) is 16.7. The van der Waals surface area contributed by atoms with Crippen LogP contribution < -0.4 is 10.6 Å². The second-order valence-corrected chi connectivity index (χ2v) is 8.33. The Kier molecular flexibility index (Phi) is 7.38. The highest BCUT2D eigenvalue weighted by Gasteiger charge is 2.36. The molecule has 3 rings (SSSR count). The Morgan fingerprint density at radius 2 is 1.96 bits per heavy atom. The maximum Gasteiger partial charge on any atom is 0.0817 e. The van der Waals surface area contributed by atoms with Crippen molar-refractivity contribution in [1.29, 1.82) is 0 Å². The molecule has 3 fully saturated rings. The second-order valence-electron chi connectivity index (χ2n) is 8.33. The predicted octanol–water partition coefficient (Wildman–Crippen LogP) is 3.25. The average Bonchev–Trinajstić information content (AvgIpc) is 2.62. The largest absolute Gasteiger partial charge is 0.378 e. The highest BCUT2D eigenvalue weighted by molar-refractivity contribution is 4.92. The molecule has 24 heavy (non-hydrogen) atoms. The van der Waals surface area contributed by atoms with Crippen LogP contribution in [0.1, 0.15) is 70.6 Å². The van der Waals surface area contributed by atoms with E-state index in [1.807, 2.05) is 7.11 Å². The van der Waals surface area contributed by atoms with Gasteiger partial charge in [-0.25, -0.2) is 0 Å². The summed E-state index contributed by atoms with van der Waals surface area (Å²) >= 11 is 0. The van der Waals surface area contributed by atoms with Crippen LogP contribution in [-0.2, 0) is 9.47 Å². The summed E-state index contributed by atoms with van der Waals surface area (Å²) in [5, 5.41) is 7.50. The van der Waals surface area contributed by atoms with Crippen LogP contribution in [0.3, 0.4) is 0 Å². The first-order chi connectivity index (χ1) is 11.8. The molecule has 4 heteroatoms. The van der Waals surface area contributed by atoms with Gasteiger partial charge in [0.2, 0.25) is 0 Å². The number of hydrogen-bond acceptors (Lipinski definition) is 4. The van der Waals surface area contributed by atoms with E-state index in [4.69, 9.17) is 9.47 Å². The first kappa shape index (κ1) is 18.6. The minimum absolute atomic E-state index is 0.0468. The van der Waals surface area contributed by atoms with E-state index in [-0.39, 0.29) is 5.60 Å². The van der Waals surface area contributed by atoms with Gasteiger partial charge in [0.15, 0.2) is 0 Å². The molecule has 2 N–H and O–H groups in total. The Morgan fingerprint density at radius 1 is 1.00 bits per heavy atom. The zero-order valence-electron chi connectivity index (χ0n) is 15.7. The number of hydrogen-bond donors (Lipinski definition) is 2. The van der Waals surface area contributed by atoms with Gasteiger partial charge in [-0.3, -0.25) is 0 Å². The van der Waals surface area contributed by atoms with Crippen molar-refractivity contribution < 1.29 is 9.47 Å². The summed E-state index contributed by atoms with van der Waals surface area (Å²) in [6.45, 7) is 4.20. The summed E-state index contributed by atoms with van der Waals surface area (Å²) in [7, 11) is 1.91. The Labute approximate surface area is 148 Å². The van der Waals surface area contributed by atoms with Gasteiger partial charge in [0, 0.05) is 26.3 Å². The van der Waals surface area contributed by atoms with Crippen LogP contribution in [0.4, 0.5) is 0 Å². The number of nitrogens with one attached hydrogen (secondary N) is 2. The summed E-state index contributed by atoms with van der Waals surface area (Å²) in [5.74, 6) is 0.850. The van der Waals surface area contributed by atoms with Gasteiger partial charge in [-0.2, -0.15) is 0 Å². The first-order valence-electron chi connectivity index (χ1n) is 10.4. The summed E-state index contributed by atoms with van der Waals surface area (Å²) in [6.07, 6.45) is 14.5. The molecule has 0 aromatic heterocycles. The molecule has 0 spiro atoms. The van der Waals surface area contributed by atoms with Crippen LogP contribution in [0.5, 0.6) is 0 Å². The van der Waals surface area contributed by atoms with E-state index in [9.17, 15) is 0 Å². The molecule has 2 saturated carbocycles. The molecule has 4 nitrogen and oxygen atoms in total. The first-order valence-corrected chi connectivity index (χ1v) is 10.4. The highest BCUT2D eigenvalue weighted by atomic mass is 16.5. The van der Waals surface area contributed by atoms with Gasteiger partial charge >= 0.3 is 0 Å². The minimum atomic E-state index is 0.0468. The predicted molar refractivity (Wildman–Crippen MR) is 98.4 cm³/mol. The normalized spacial score (nSPS) is 40.1. The molecule has 4 unspecified atom stereocenters. The van der Waals surface area contributed by atoms with Crippen molar-refractivity contribution in [1.82, 2.24) is 10.6 Å². The van der Waals surface area contributed by atoms with Gasteiger partial charge in [-0.05, 0) is 76.8 Å². The van der Waals surface area contributed by atoms with Gasteiger partial charge in [0.05, 0.1) is 11.7 Å². The van der Waals surface area contributed by atoms with Crippen molar-refractivity contribution in [2.45, 2.75) is 88.4 Å². The van der Waals surface area contributed by atoms with Crippen molar-refractivity contribution in [2.24, 2.45) is 5.92 Å². The van der Waals surface area contributed by atoms with Crippen LogP contribution in [0.15, 0.2) is 0 Å². The van der Waals surface area contributed by atoms with Crippen molar-refractivity contribution in [3.63, 3.8) is 0 Å². The summed E-state index contributed by atoms with van der Waals surface area (Å²) < 4.78 is 12.2. The zero-order valence-corrected chi connectivity index (χ0v) is 15.7. The molecular weight excluding hydrogens is 300 g/mol. The maximum absolute atomic E-state index is 6.16. The van der Waals surface area contributed by atoms with E-state index in [0.29, 0.717) is 12.1 Å². The fourth-order valence-corrected chi connectivity index (χ4v) is 4.98. The molecule has 1 aliphatic heterocycles. The molecule has 0 aromatic rings. The van der Waals surface area contributed by atoms with Crippen molar-refractivity contribution in [2.75, 3.05) is 33.4 Å². The third kappa shape index (κ3) is 5.42. The Bertz CT molecular complexity index is 366. The highest BCUT2D eigenvalue weighted by Crippen LogP contribution is 2.32. The summed E-state index contributed by atoms with van der Waals surface area (Å²) in [4.78, 5) is 0. The average molecular weight is 339 g/mol. The fourth-order valence-electron chi connectivity index (χ4n) is 4.98. The molecule has 140 valence electrons. The lowest BCUT2D eigenvalue weighted by atomic mass is 9.81. The lowest BCUT2D eigenvalue weighted by Gasteiger charge is -2.41. The smallest absolute Gasteiger partial charge is 0.0817 e. The van der Waals surface area contributed by atoms with Gasteiger partial charge in [0.1, 0.15) is 0 Å². The second kappa shape index (κ2) is 9.51. The fraction of sp³-hybridized carbons (Fsp3) is 1.00. The lowest BCUT2D eigenvalue weighted by molar-refractivity contribution is -0.0467. The number of fused-ring (bicyclic) bond motifs is 4. The van der Waals surface area contributed by atoms with Crippen LogP contribution in [-0.4, -0.2) is 51.1 Å². The number of rotatable bonds is 1. The number of ether oxygens (including phenoxy) is 2. The standard InChI is InChI=1S/C20H38N2O2/c1-23-20-10-5-7-18(15-20)22-11-2-3-13-24-19-8-4-6-17(14-19)9-12-21-16-20/h17-19,21-22H,2-16H2,1H3. The van der Waals surface area contributed by atoms with E-state index < -0.39 is 0 Å². The molecule has 0 amide bonds. The van der Waals surface area contributed by atoms with Gasteiger partial charge in [-0.15, -0.1) is 0 Å². The van der Waals surface area contributed by atoms with E-state index in [2.05, 4.69) is 10.6 Å². The molecule has 0 aromatic carbocycles. The summed E-state index contributed by atoms with van der Waals surface area (Å²) in [5.41, 5.74) is 0.0468. The Morgan fingerprint density at radius 3 is 2.88 bits per heavy atom. The van der Waals surface area contributed by atoms with Gasteiger partial charge in [0.25, 0.3) is 0 Å². The van der Waals surface area contributed by atoms with Gasteiger partial charge < -0.3 is 20.1 Å². The third-order valence-corrected chi connectivity index (χ3v) is 6.51. The molecule has 1 heterocycles. The Balaban J connectivity index is 1.55. The third-order valence-electron chi connectivity index (χ3n) is 6.51.